The first kappa shape index (κ1) is 38.8. The van der Waals surface area contributed by atoms with Gasteiger partial charge in [0.15, 0.2) is 0 Å². The summed E-state index contributed by atoms with van der Waals surface area (Å²) in [6.45, 7) is 20.2. The minimum Gasteiger partial charge on any atom is -0.510 e. The molecular weight excluding hydrogens is 884 g/mol. The second-order valence-electron chi connectivity index (χ2n) is 18.4. The second kappa shape index (κ2) is 14.1. The average molecular weight is 932 g/mol. The Balaban J connectivity index is 0.00000455. The zero-order chi connectivity index (χ0) is 39.1. The molecule has 4 aromatic carbocycles. The van der Waals surface area contributed by atoms with Gasteiger partial charge in [-0.25, -0.2) is 4.98 Å². The van der Waals surface area contributed by atoms with E-state index in [9.17, 15) is 0 Å². The molecule has 2 atom stereocenters. The van der Waals surface area contributed by atoms with E-state index in [1.54, 1.807) is 6.20 Å². The minimum atomic E-state index is -0.125. The summed E-state index contributed by atoms with van der Waals surface area (Å²) in [5.74, 6) is 2.52. The van der Waals surface area contributed by atoms with Crippen molar-refractivity contribution in [2.24, 2.45) is 4.99 Å². The van der Waals surface area contributed by atoms with Gasteiger partial charge >= 0.3 is 21.1 Å². The fraction of sp³-hybridized carbons (Fsp3) is 0.300. The van der Waals surface area contributed by atoms with E-state index in [1.807, 2.05) is 42.6 Å². The molecule has 9 rings (SSSR count). The topological polar surface area (TPSA) is 61.5 Å². The SMILES string of the molecule is CC(C)(C)c1ccnc(-n2c3[c-]c(Oc4[c-]c(C5=N[C@@H]6Cc7c(cccc7C(C)(C)C)[C@@H]6O5)cc(-c5ccccn5)c4)ccc3c3cc(C(C)(C)C)ccc32)c1.[Pt+2]. The Morgan fingerprint density at radius 2 is 1.49 bits per heavy atom. The van der Waals surface area contributed by atoms with Crippen LogP contribution < -0.4 is 4.74 Å². The Hall–Kier alpha value is -5.06. The van der Waals surface area contributed by atoms with Crippen LogP contribution in [0.2, 0.25) is 0 Å². The Labute approximate surface area is 350 Å². The summed E-state index contributed by atoms with van der Waals surface area (Å²) in [6.07, 6.45) is 4.44. The molecule has 1 aliphatic carbocycles. The Morgan fingerprint density at radius 3 is 2.23 bits per heavy atom. The van der Waals surface area contributed by atoms with Crippen molar-refractivity contribution in [2.45, 2.75) is 97.1 Å². The van der Waals surface area contributed by atoms with E-state index < -0.39 is 0 Å². The molecule has 0 amide bonds. The monoisotopic (exact) mass is 931 g/mol. The maximum atomic E-state index is 6.71. The van der Waals surface area contributed by atoms with E-state index in [0.717, 1.165) is 50.9 Å². The van der Waals surface area contributed by atoms with Crippen molar-refractivity contribution < 1.29 is 30.5 Å². The van der Waals surface area contributed by atoms with Gasteiger partial charge in [-0.05, 0) is 86.2 Å². The van der Waals surface area contributed by atoms with Gasteiger partial charge in [0.05, 0.1) is 11.7 Å². The van der Waals surface area contributed by atoms with Crippen LogP contribution in [0.15, 0.2) is 108 Å². The van der Waals surface area contributed by atoms with Crippen LogP contribution in [0.25, 0.3) is 38.9 Å². The number of hydrogen-bond donors (Lipinski definition) is 0. The first-order valence-electron chi connectivity index (χ1n) is 19.6. The van der Waals surface area contributed by atoms with Gasteiger partial charge in [0.2, 0.25) is 0 Å². The van der Waals surface area contributed by atoms with Crippen molar-refractivity contribution in [2.75, 3.05) is 0 Å². The fourth-order valence-electron chi connectivity index (χ4n) is 8.22. The maximum absolute atomic E-state index is 6.71. The largest absolute Gasteiger partial charge is 2.00 e. The number of nitrogens with zero attached hydrogens (tertiary/aromatic N) is 4. The molecule has 0 radical (unpaired) electrons. The van der Waals surface area contributed by atoms with Crippen LogP contribution in [0.3, 0.4) is 0 Å². The zero-order valence-electron chi connectivity index (χ0n) is 34.1. The van der Waals surface area contributed by atoms with E-state index in [1.165, 1.54) is 27.8 Å². The molecule has 0 saturated carbocycles. The van der Waals surface area contributed by atoms with Crippen molar-refractivity contribution in [3.8, 4) is 28.6 Å². The van der Waals surface area contributed by atoms with Crippen molar-refractivity contribution >= 4 is 27.7 Å². The number of ether oxygens (including phenoxy) is 2. The molecule has 7 aromatic rings. The van der Waals surface area contributed by atoms with Crippen LogP contribution in [-0.2, 0) is 48.5 Å². The molecule has 0 spiro atoms. The van der Waals surface area contributed by atoms with Gasteiger partial charge in [-0.15, -0.1) is 23.6 Å². The smallest absolute Gasteiger partial charge is 0.510 e. The fourth-order valence-corrected chi connectivity index (χ4v) is 8.22. The summed E-state index contributed by atoms with van der Waals surface area (Å²) in [7, 11) is 0. The van der Waals surface area contributed by atoms with E-state index in [-0.39, 0.29) is 49.5 Å². The van der Waals surface area contributed by atoms with Gasteiger partial charge in [-0.3, -0.25) is 9.98 Å². The maximum Gasteiger partial charge on any atom is 2.00 e. The second-order valence-corrected chi connectivity index (χ2v) is 18.4. The summed E-state index contributed by atoms with van der Waals surface area (Å²) in [4.78, 5) is 14.7. The molecule has 57 heavy (non-hydrogen) atoms. The molecular formula is C50H48N4O2Pt. The number of pyridine rings is 2. The van der Waals surface area contributed by atoms with Crippen LogP contribution >= 0.6 is 0 Å². The average Bonchev–Trinajstić information content (AvgIpc) is 3.83. The molecule has 7 heteroatoms. The first-order valence-corrected chi connectivity index (χ1v) is 19.6. The number of benzene rings is 4. The van der Waals surface area contributed by atoms with Crippen LogP contribution in [0.5, 0.6) is 11.5 Å². The van der Waals surface area contributed by atoms with Crippen LogP contribution in [-0.4, -0.2) is 26.5 Å². The molecule has 3 aromatic heterocycles. The van der Waals surface area contributed by atoms with Crippen molar-refractivity contribution in [1.29, 1.82) is 0 Å². The molecule has 4 heterocycles. The summed E-state index contributed by atoms with van der Waals surface area (Å²) in [6, 6.07) is 38.9. The van der Waals surface area contributed by atoms with Crippen LogP contribution in [0, 0.1) is 12.1 Å². The number of rotatable bonds is 5. The van der Waals surface area contributed by atoms with Crippen LogP contribution in [0.4, 0.5) is 0 Å². The molecule has 0 bridgehead atoms. The number of aliphatic imine (C=N–C) groups is 1. The van der Waals surface area contributed by atoms with Gasteiger partial charge < -0.3 is 14.0 Å². The first-order chi connectivity index (χ1) is 26.6. The summed E-state index contributed by atoms with van der Waals surface area (Å²) >= 11 is 0. The van der Waals surface area contributed by atoms with E-state index >= 15 is 0 Å². The number of aromatic nitrogens is 3. The molecule has 290 valence electrons. The van der Waals surface area contributed by atoms with E-state index in [0.29, 0.717) is 17.4 Å². The van der Waals surface area contributed by atoms with Crippen molar-refractivity contribution in [3.05, 3.63) is 149 Å². The van der Waals surface area contributed by atoms with Gasteiger partial charge in [0.1, 0.15) is 17.8 Å². The molecule has 6 nitrogen and oxygen atoms in total. The summed E-state index contributed by atoms with van der Waals surface area (Å²) in [5.41, 5.74) is 10.9. The molecule has 1 aliphatic heterocycles. The van der Waals surface area contributed by atoms with Gasteiger partial charge in [0.25, 0.3) is 0 Å². The molecule has 2 aliphatic rings. The summed E-state index contributed by atoms with van der Waals surface area (Å²) in [5, 5.41) is 2.24. The van der Waals surface area contributed by atoms with Gasteiger partial charge in [0, 0.05) is 29.4 Å². The molecule has 0 N–H and O–H groups in total. The molecule has 0 saturated heterocycles. The van der Waals surface area contributed by atoms with E-state index in [4.69, 9.17) is 19.5 Å². The third-order valence-corrected chi connectivity index (χ3v) is 11.2. The standard InChI is InChI=1S/C50H48N4O2.Pt/c1-48(2,3)32-16-19-43-39(26-32)36-18-17-34(28-44(36)54(43)45-27-33(20-22-52-45)49(4,5)6)55-35-24-30(41-15-10-11-21-51-41)23-31(25-35)47-53-42-29-38-37(46(42)56-47)13-12-14-40(38)50(7,8)9;/h10-24,26-27,42,46H,29H2,1-9H3;/q-2;+2/t42-,46+;/m1./s1. The third-order valence-electron chi connectivity index (χ3n) is 11.2. The summed E-state index contributed by atoms with van der Waals surface area (Å²) < 4.78 is 15.6. The Kier molecular flexibility index (Phi) is 9.59. The van der Waals surface area contributed by atoms with E-state index in [2.05, 4.69) is 139 Å². The Morgan fingerprint density at radius 1 is 0.702 bits per heavy atom. The van der Waals surface area contributed by atoms with Crippen molar-refractivity contribution in [1.82, 2.24) is 14.5 Å². The molecule has 0 unspecified atom stereocenters. The number of fused-ring (bicyclic) bond motifs is 6. The third kappa shape index (κ3) is 7.12. The predicted molar refractivity (Wildman–Crippen MR) is 226 cm³/mol. The normalized spacial score (nSPS) is 16.5. The van der Waals surface area contributed by atoms with Crippen LogP contribution in [0.1, 0.15) is 102 Å². The predicted octanol–water partition coefficient (Wildman–Crippen LogP) is 12.0. The van der Waals surface area contributed by atoms with Crippen molar-refractivity contribution in [3.63, 3.8) is 0 Å². The number of hydrogen-bond acceptors (Lipinski definition) is 5. The van der Waals surface area contributed by atoms with Gasteiger partial charge in [-0.1, -0.05) is 127 Å². The van der Waals surface area contributed by atoms with Gasteiger partial charge in [-0.2, -0.15) is 6.07 Å². The quantitative estimate of drug-likeness (QED) is 0.161. The minimum absolute atomic E-state index is 0. The molecule has 0 fully saturated rings. The Bertz CT molecular complexity index is 2690. The zero-order valence-corrected chi connectivity index (χ0v) is 36.4.